The molecule has 4 aromatic rings. The van der Waals surface area contributed by atoms with E-state index in [1.807, 2.05) is 110 Å². The molecule has 0 aliphatic carbocycles. The minimum absolute atomic E-state index is 0.0915. The van der Waals surface area contributed by atoms with Crippen LogP contribution in [0.25, 0.3) is 23.0 Å². The van der Waals surface area contributed by atoms with E-state index in [-0.39, 0.29) is 11.9 Å². The van der Waals surface area contributed by atoms with E-state index in [1.165, 1.54) is 11.8 Å². The normalized spacial score (nSPS) is 15.5. The number of thiocarbonyl (C=S) groups is 1. The van der Waals surface area contributed by atoms with E-state index in [9.17, 15) is 4.79 Å². The van der Waals surface area contributed by atoms with Crippen LogP contribution in [0.2, 0.25) is 0 Å². The molecule has 0 spiro atoms. The summed E-state index contributed by atoms with van der Waals surface area (Å²) < 4.78 is 7.79. The number of nitrogens with zero attached hydrogens (tertiary/aromatic N) is 3. The van der Waals surface area contributed by atoms with Crippen molar-refractivity contribution in [3.63, 3.8) is 0 Å². The molecule has 1 aromatic heterocycles. The summed E-state index contributed by atoms with van der Waals surface area (Å²) in [6, 6.07) is 25.6. The number of rotatable bonds is 6. The Kier molecular flexibility index (Phi) is 6.76. The second-order valence-corrected chi connectivity index (χ2v) is 10.2. The van der Waals surface area contributed by atoms with Crippen molar-refractivity contribution < 1.29 is 9.53 Å². The number of hydrogen-bond donors (Lipinski definition) is 0. The number of benzene rings is 3. The van der Waals surface area contributed by atoms with Crippen molar-refractivity contribution in [2.75, 3.05) is 7.11 Å². The number of carbonyl (C=O) groups excluding carboxylic acids is 1. The van der Waals surface area contributed by atoms with Gasteiger partial charge in [0.1, 0.15) is 15.8 Å². The number of aryl methyl sites for hydroxylation is 1. The Morgan fingerprint density at radius 3 is 2.39 bits per heavy atom. The molecule has 1 amide bonds. The fraction of sp³-hybridized carbons (Fsp3) is 0.138. The van der Waals surface area contributed by atoms with Gasteiger partial charge >= 0.3 is 0 Å². The van der Waals surface area contributed by atoms with E-state index in [0.29, 0.717) is 9.23 Å². The highest BCUT2D eigenvalue weighted by molar-refractivity contribution is 8.26. The number of thioether (sulfide) groups is 1. The topological polar surface area (TPSA) is 47.4 Å². The summed E-state index contributed by atoms with van der Waals surface area (Å²) >= 11 is 6.97. The molecular formula is C29H25N3O2S2. The van der Waals surface area contributed by atoms with Gasteiger partial charge in [-0.3, -0.25) is 9.69 Å². The molecule has 180 valence electrons. The third kappa shape index (κ3) is 4.59. The molecule has 0 saturated carbocycles. The van der Waals surface area contributed by atoms with Gasteiger partial charge in [0, 0.05) is 17.3 Å². The Morgan fingerprint density at radius 1 is 1.03 bits per heavy atom. The first-order chi connectivity index (χ1) is 17.5. The average Bonchev–Trinajstić information content (AvgIpc) is 3.44. The van der Waals surface area contributed by atoms with Gasteiger partial charge in [0.15, 0.2) is 0 Å². The molecule has 1 saturated heterocycles. The standard InChI is InChI=1S/C29H25N3O2S2/c1-19-16-24(34-3)14-15-25(19)27-22(18-31(30-27)23-12-8-5-9-13-23)17-26-28(33)32(29(35)36-26)20(2)21-10-6-4-7-11-21/h4-18,20H,1-3H3/b26-17-/t20-/m1/s1. The first-order valence-electron chi connectivity index (χ1n) is 11.6. The van der Waals surface area contributed by atoms with Gasteiger partial charge < -0.3 is 4.74 Å². The number of ether oxygens (including phenoxy) is 1. The fourth-order valence-corrected chi connectivity index (χ4v) is 5.69. The Morgan fingerprint density at radius 2 is 1.72 bits per heavy atom. The molecule has 3 aromatic carbocycles. The highest BCUT2D eigenvalue weighted by atomic mass is 32.2. The second kappa shape index (κ2) is 10.1. The smallest absolute Gasteiger partial charge is 0.266 e. The summed E-state index contributed by atoms with van der Waals surface area (Å²) in [6.07, 6.45) is 3.87. The molecule has 5 nitrogen and oxygen atoms in total. The third-order valence-electron chi connectivity index (χ3n) is 6.23. The van der Waals surface area contributed by atoms with Gasteiger partial charge in [0.25, 0.3) is 5.91 Å². The molecule has 0 bridgehead atoms. The molecule has 1 aliphatic heterocycles. The first-order valence-corrected chi connectivity index (χ1v) is 12.8. The highest BCUT2D eigenvalue weighted by Crippen LogP contribution is 2.39. The van der Waals surface area contributed by atoms with E-state index in [1.54, 1.807) is 12.0 Å². The molecule has 0 N–H and O–H groups in total. The van der Waals surface area contributed by atoms with Gasteiger partial charge in [0.2, 0.25) is 0 Å². The van der Waals surface area contributed by atoms with E-state index in [4.69, 9.17) is 22.1 Å². The SMILES string of the molecule is COc1ccc(-c2nn(-c3ccccc3)cc2/C=C2\SC(=S)N([C@H](C)c3ccccc3)C2=O)c(C)c1. The Bertz CT molecular complexity index is 1460. The predicted molar refractivity (Wildman–Crippen MR) is 150 cm³/mol. The average molecular weight is 512 g/mol. The zero-order chi connectivity index (χ0) is 25.2. The van der Waals surface area contributed by atoms with Crippen LogP contribution in [0.1, 0.15) is 29.7 Å². The number of amides is 1. The van der Waals surface area contributed by atoms with Crippen LogP contribution in [0, 0.1) is 6.92 Å². The van der Waals surface area contributed by atoms with Crippen LogP contribution in [-0.2, 0) is 4.79 Å². The van der Waals surface area contributed by atoms with Crippen LogP contribution in [0.5, 0.6) is 5.75 Å². The number of methoxy groups -OCH3 is 1. The molecule has 5 rings (SSSR count). The minimum atomic E-state index is -0.153. The van der Waals surface area contributed by atoms with Gasteiger partial charge in [-0.05, 0) is 61.4 Å². The second-order valence-electron chi connectivity index (χ2n) is 8.53. The van der Waals surface area contributed by atoms with E-state index >= 15 is 0 Å². The minimum Gasteiger partial charge on any atom is -0.497 e. The Labute approximate surface area is 220 Å². The van der Waals surface area contributed by atoms with Gasteiger partial charge in [-0.25, -0.2) is 4.68 Å². The number of carbonyl (C=O) groups is 1. The van der Waals surface area contributed by atoms with E-state index in [0.717, 1.165) is 39.4 Å². The maximum atomic E-state index is 13.5. The lowest BCUT2D eigenvalue weighted by Gasteiger charge is -2.23. The van der Waals surface area contributed by atoms with Crippen molar-refractivity contribution in [2.24, 2.45) is 0 Å². The summed E-state index contributed by atoms with van der Waals surface area (Å²) in [5.41, 5.74) is 5.63. The van der Waals surface area contributed by atoms with Crippen molar-refractivity contribution >= 4 is 40.3 Å². The van der Waals surface area contributed by atoms with Crippen LogP contribution < -0.4 is 4.74 Å². The van der Waals surface area contributed by atoms with Crippen molar-refractivity contribution in [1.29, 1.82) is 0 Å². The molecule has 2 heterocycles. The Balaban J connectivity index is 1.57. The molecule has 1 aliphatic rings. The maximum absolute atomic E-state index is 13.5. The summed E-state index contributed by atoms with van der Waals surface area (Å²) in [5, 5.41) is 4.92. The van der Waals surface area contributed by atoms with Crippen LogP contribution in [0.15, 0.2) is 90.0 Å². The van der Waals surface area contributed by atoms with Crippen LogP contribution in [0.3, 0.4) is 0 Å². The highest BCUT2D eigenvalue weighted by Gasteiger charge is 2.36. The lowest BCUT2D eigenvalue weighted by atomic mass is 10.0. The summed E-state index contributed by atoms with van der Waals surface area (Å²) in [7, 11) is 1.66. The predicted octanol–water partition coefficient (Wildman–Crippen LogP) is 6.82. The zero-order valence-corrected chi connectivity index (χ0v) is 21.8. The molecule has 7 heteroatoms. The molecule has 0 radical (unpaired) electrons. The quantitative estimate of drug-likeness (QED) is 0.210. The van der Waals surface area contributed by atoms with Crippen LogP contribution >= 0.6 is 24.0 Å². The Hall–Kier alpha value is -3.68. The molecule has 1 fully saturated rings. The van der Waals surface area contributed by atoms with Crippen molar-refractivity contribution in [3.05, 3.63) is 107 Å². The zero-order valence-electron chi connectivity index (χ0n) is 20.2. The number of para-hydroxylation sites is 1. The first kappa shape index (κ1) is 24.0. The van der Waals surface area contributed by atoms with Gasteiger partial charge in [0.05, 0.1) is 23.7 Å². The lowest BCUT2D eigenvalue weighted by Crippen LogP contribution is -2.30. The number of hydrogen-bond acceptors (Lipinski definition) is 5. The summed E-state index contributed by atoms with van der Waals surface area (Å²) in [6.45, 7) is 4.03. The van der Waals surface area contributed by atoms with Crippen molar-refractivity contribution in [3.8, 4) is 22.7 Å². The van der Waals surface area contributed by atoms with E-state index < -0.39 is 0 Å². The molecule has 1 atom stereocenters. The number of aromatic nitrogens is 2. The molecule has 0 unspecified atom stereocenters. The van der Waals surface area contributed by atoms with Gasteiger partial charge in [-0.1, -0.05) is 72.5 Å². The lowest BCUT2D eigenvalue weighted by molar-refractivity contribution is -0.123. The van der Waals surface area contributed by atoms with Crippen LogP contribution in [0.4, 0.5) is 0 Å². The molecular weight excluding hydrogens is 486 g/mol. The third-order valence-corrected chi connectivity index (χ3v) is 7.56. The fourth-order valence-electron chi connectivity index (χ4n) is 4.28. The van der Waals surface area contributed by atoms with Crippen LogP contribution in [-0.4, -0.2) is 32.0 Å². The van der Waals surface area contributed by atoms with Crippen molar-refractivity contribution in [2.45, 2.75) is 19.9 Å². The van der Waals surface area contributed by atoms with E-state index in [2.05, 4.69) is 0 Å². The van der Waals surface area contributed by atoms with Gasteiger partial charge in [-0.2, -0.15) is 5.10 Å². The summed E-state index contributed by atoms with van der Waals surface area (Å²) in [4.78, 5) is 15.8. The largest absolute Gasteiger partial charge is 0.497 e. The maximum Gasteiger partial charge on any atom is 0.266 e. The molecule has 36 heavy (non-hydrogen) atoms. The van der Waals surface area contributed by atoms with Crippen molar-refractivity contribution in [1.82, 2.24) is 14.7 Å². The summed E-state index contributed by atoms with van der Waals surface area (Å²) in [5.74, 6) is 0.697. The monoisotopic (exact) mass is 511 g/mol. The van der Waals surface area contributed by atoms with Gasteiger partial charge in [-0.15, -0.1) is 0 Å².